The molecule has 1 amide bonds. The number of piperidine rings is 1. The van der Waals surface area contributed by atoms with E-state index >= 15 is 0 Å². The molecule has 0 saturated carbocycles. The number of nitrogens with zero attached hydrogens (tertiary/aromatic N) is 3. The minimum absolute atomic E-state index is 0.134. The molecule has 0 bridgehead atoms. The lowest BCUT2D eigenvalue weighted by Crippen LogP contribution is -2.33. The number of rotatable bonds is 5. The number of fused-ring (bicyclic) bond motifs is 1. The molecule has 0 unspecified atom stereocenters. The standard InChI is InChI=1S/C26H26N4O2S/c1-17-12-14-30(15-13-17)24-22-18(2)23(33-26(22)28-16-27-24)25(31)29-19-8-10-21(11-9-19)32-20-6-4-3-5-7-20/h3-11,16-17H,12-15H2,1-2H3,(H,29,31). The molecule has 4 aromatic rings. The zero-order valence-electron chi connectivity index (χ0n) is 18.7. The topological polar surface area (TPSA) is 67.3 Å². The third-order valence-electron chi connectivity index (χ3n) is 6.09. The monoisotopic (exact) mass is 458 g/mol. The molecule has 0 atom stereocenters. The number of nitrogens with one attached hydrogen (secondary N) is 1. The summed E-state index contributed by atoms with van der Waals surface area (Å²) in [6.07, 6.45) is 3.93. The normalized spacial score (nSPS) is 14.4. The lowest BCUT2D eigenvalue weighted by atomic mass is 9.99. The summed E-state index contributed by atoms with van der Waals surface area (Å²) in [6.45, 7) is 6.26. The second kappa shape index (κ2) is 9.19. The van der Waals surface area contributed by atoms with E-state index in [1.807, 2.05) is 61.5 Å². The average Bonchev–Trinajstić information content (AvgIpc) is 3.18. The van der Waals surface area contributed by atoms with Crippen LogP contribution in [-0.2, 0) is 0 Å². The third-order valence-corrected chi connectivity index (χ3v) is 7.29. The van der Waals surface area contributed by atoms with Gasteiger partial charge in [-0.15, -0.1) is 11.3 Å². The Labute approximate surface area is 197 Å². The summed E-state index contributed by atoms with van der Waals surface area (Å²) in [4.78, 5) is 26.0. The van der Waals surface area contributed by atoms with E-state index < -0.39 is 0 Å². The van der Waals surface area contributed by atoms with Gasteiger partial charge < -0.3 is 15.0 Å². The van der Waals surface area contributed by atoms with Crippen LogP contribution in [0.1, 0.15) is 35.0 Å². The van der Waals surface area contributed by atoms with E-state index in [9.17, 15) is 4.79 Å². The van der Waals surface area contributed by atoms with Gasteiger partial charge in [-0.05, 0) is 67.6 Å². The molecule has 0 aliphatic carbocycles. The summed E-state index contributed by atoms with van der Waals surface area (Å²) in [5, 5.41) is 4.00. The first-order valence-electron chi connectivity index (χ1n) is 11.2. The summed E-state index contributed by atoms with van der Waals surface area (Å²) in [6, 6.07) is 17.0. The Hall–Kier alpha value is -3.45. The van der Waals surface area contributed by atoms with Gasteiger partial charge in [0.25, 0.3) is 5.91 Å². The van der Waals surface area contributed by atoms with Gasteiger partial charge in [0.15, 0.2) is 0 Å². The molecule has 1 saturated heterocycles. The maximum atomic E-state index is 13.1. The number of thiophene rings is 1. The molecule has 5 rings (SSSR count). The maximum absolute atomic E-state index is 13.1. The molecule has 168 valence electrons. The van der Waals surface area contributed by atoms with Gasteiger partial charge in [-0.1, -0.05) is 25.1 Å². The van der Waals surface area contributed by atoms with Crippen LogP contribution in [0.25, 0.3) is 10.2 Å². The number of aryl methyl sites for hydroxylation is 1. The van der Waals surface area contributed by atoms with E-state index in [2.05, 4.69) is 27.1 Å². The van der Waals surface area contributed by atoms with Crippen molar-refractivity contribution in [1.29, 1.82) is 0 Å². The first kappa shape index (κ1) is 21.4. The maximum Gasteiger partial charge on any atom is 0.266 e. The Morgan fingerprint density at radius 1 is 1.03 bits per heavy atom. The minimum atomic E-state index is -0.134. The SMILES string of the molecule is Cc1c(C(=O)Nc2ccc(Oc3ccccc3)cc2)sc2ncnc(N3CCC(C)CC3)c12. The van der Waals surface area contributed by atoms with Crippen molar-refractivity contribution in [2.75, 3.05) is 23.3 Å². The van der Waals surface area contributed by atoms with Crippen molar-refractivity contribution >= 4 is 39.0 Å². The number of hydrogen-bond acceptors (Lipinski definition) is 6. The van der Waals surface area contributed by atoms with Crippen LogP contribution in [0.4, 0.5) is 11.5 Å². The third kappa shape index (κ3) is 4.54. The Morgan fingerprint density at radius 2 is 1.73 bits per heavy atom. The number of para-hydroxylation sites is 1. The molecule has 0 radical (unpaired) electrons. The van der Waals surface area contributed by atoms with Crippen LogP contribution >= 0.6 is 11.3 Å². The number of ether oxygens (including phenoxy) is 1. The highest BCUT2D eigenvalue weighted by Gasteiger charge is 2.24. The highest BCUT2D eigenvalue weighted by atomic mass is 32.1. The van der Waals surface area contributed by atoms with Crippen molar-refractivity contribution in [2.45, 2.75) is 26.7 Å². The molecular formula is C26H26N4O2S. The quantitative estimate of drug-likeness (QED) is 0.381. The fourth-order valence-corrected chi connectivity index (χ4v) is 5.19. The van der Waals surface area contributed by atoms with Crippen LogP contribution in [0.15, 0.2) is 60.9 Å². The smallest absolute Gasteiger partial charge is 0.266 e. The molecule has 3 heterocycles. The Balaban J connectivity index is 1.34. The number of carbonyl (C=O) groups excluding carboxylic acids is 1. The van der Waals surface area contributed by atoms with Gasteiger partial charge in [0.2, 0.25) is 0 Å². The molecule has 33 heavy (non-hydrogen) atoms. The molecular weight excluding hydrogens is 432 g/mol. The number of aromatic nitrogens is 2. The van der Waals surface area contributed by atoms with Crippen molar-refractivity contribution in [2.24, 2.45) is 5.92 Å². The van der Waals surface area contributed by atoms with Crippen molar-refractivity contribution in [1.82, 2.24) is 9.97 Å². The van der Waals surface area contributed by atoms with E-state index in [-0.39, 0.29) is 5.91 Å². The number of benzene rings is 2. The first-order valence-corrected chi connectivity index (χ1v) is 12.0. The summed E-state index contributed by atoms with van der Waals surface area (Å²) in [7, 11) is 0. The molecule has 1 aliphatic heterocycles. The van der Waals surface area contributed by atoms with Gasteiger partial charge >= 0.3 is 0 Å². The van der Waals surface area contributed by atoms with Gasteiger partial charge in [0, 0.05) is 18.8 Å². The highest BCUT2D eigenvalue weighted by Crippen LogP contribution is 2.36. The Morgan fingerprint density at radius 3 is 2.45 bits per heavy atom. The van der Waals surface area contributed by atoms with E-state index in [0.717, 1.165) is 59.2 Å². The second-order valence-electron chi connectivity index (χ2n) is 8.50. The zero-order valence-corrected chi connectivity index (χ0v) is 19.6. The fourth-order valence-electron chi connectivity index (χ4n) is 4.15. The largest absolute Gasteiger partial charge is 0.457 e. The Bertz CT molecular complexity index is 1260. The first-order chi connectivity index (χ1) is 16.1. The predicted molar refractivity (Wildman–Crippen MR) is 134 cm³/mol. The predicted octanol–water partition coefficient (Wildman–Crippen LogP) is 6.28. The second-order valence-corrected chi connectivity index (χ2v) is 9.50. The van der Waals surface area contributed by atoms with Crippen LogP contribution in [0, 0.1) is 12.8 Å². The summed E-state index contributed by atoms with van der Waals surface area (Å²) >= 11 is 1.42. The molecule has 1 aliphatic rings. The lowest BCUT2D eigenvalue weighted by molar-refractivity contribution is 0.103. The molecule has 7 heteroatoms. The van der Waals surface area contributed by atoms with Crippen LogP contribution in [0.2, 0.25) is 0 Å². The Kier molecular flexibility index (Phi) is 5.96. The lowest BCUT2D eigenvalue weighted by Gasteiger charge is -2.31. The minimum Gasteiger partial charge on any atom is -0.457 e. The van der Waals surface area contributed by atoms with Gasteiger partial charge in [-0.3, -0.25) is 4.79 Å². The summed E-state index contributed by atoms with van der Waals surface area (Å²) < 4.78 is 5.83. The van der Waals surface area contributed by atoms with Crippen LogP contribution in [0.3, 0.4) is 0 Å². The molecule has 1 N–H and O–H groups in total. The summed E-state index contributed by atoms with van der Waals surface area (Å²) in [5.74, 6) is 3.05. The summed E-state index contributed by atoms with van der Waals surface area (Å²) in [5.41, 5.74) is 1.65. The van der Waals surface area contributed by atoms with Crippen molar-refractivity contribution in [3.8, 4) is 11.5 Å². The van der Waals surface area contributed by atoms with Gasteiger partial charge in [-0.2, -0.15) is 0 Å². The van der Waals surface area contributed by atoms with Crippen LogP contribution in [0.5, 0.6) is 11.5 Å². The van der Waals surface area contributed by atoms with Gasteiger partial charge in [-0.25, -0.2) is 9.97 Å². The molecule has 0 spiro atoms. The fraction of sp³-hybridized carbons (Fsp3) is 0.269. The van der Waals surface area contributed by atoms with Gasteiger partial charge in [0.05, 0.1) is 10.3 Å². The zero-order chi connectivity index (χ0) is 22.8. The molecule has 2 aromatic carbocycles. The van der Waals surface area contributed by atoms with Crippen LogP contribution < -0.4 is 15.0 Å². The number of carbonyl (C=O) groups is 1. The van der Waals surface area contributed by atoms with E-state index in [0.29, 0.717) is 16.3 Å². The number of anilines is 2. The molecule has 1 fully saturated rings. The average molecular weight is 459 g/mol. The van der Waals surface area contributed by atoms with Crippen molar-refractivity contribution in [3.05, 3.63) is 71.4 Å². The van der Waals surface area contributed by atoms with Gasteiger partial charge in [0.1, 0.15) is 28.5 Å². The molecule has 2 aromatic heterocycles. The molecule has 6 nitrogen and oxygen atoms in total. The van der Waals surface area contributed by atoms with E-state index in [4.69, 9.17) is 4.74 Å². The van der Waals surface area contributed by atoms with Crippen molar-refractivity contribution in [3.63, 3.8) is 0 Å². The number of hydrogen-bond donors (Lipinski definition) is 1. The highest BCUT2D eigenvalue weighted by molar-refractivity contribution is 7.20. The number of amides is 1. The van der Waals surface area contributed by atoms with Crippen molar-refractivity contribution < 1.29 is 9.53 Å². The van der Waals surface area contributed by atoms with Crippen LogP contribution in [-0.4, -0.2) is 29.0 Å². The van der Waals surface area contributed by atoms with E-state index in [1.165, 1.54) is 11.3 Å². The van der Waals surface area contributed by atoms with E-state index in [1.54, 1.807) is 6.33 Å².